The van der Waals surface area contributed by atoms with Crippen molar-refractivity contribution >= 4 is 34.2 Å². The predicted molar refractivity (Wildman–Crippen MR) is 172 cm³/mol. The van der Waals surface area contributed by atoms with Gasteiger partial charge in [0.05, 0.1) is 17.5 Å². The van der Waals surface area contributed by atoms with Crippen molar-refractivity contribution in [1.29, 1.82) is 0 Å². The summed E-state index contributed by atoms with van der Waals surface area (Å²) in [7, 11) is 0.354. The second-order valence-corrected chi connectivity index (χ2v) is 14.7. The second kappa shape index (κ2) is 14.1. The molecule has 42 heavy (non-hydrogen) atoms. The third-order valence-electron chi connectivity index (χ3n) is 9.99. The zero-order valence-electron chi connectivity index (χ0n) is 25.6. The summed E-state index contributed by atoms with van der Waals surface area (Å²) >= 11 is 6.42. The number of anilines is 1. The summed E-state index contributed by atoms with van der Waals surface area (Å²) in [4.78, 5) is 15.8. The third-order valence-corrected chi connectivity index (χ3v) is 11.8. The Balaban J connectivity index is 1.52. The average molecular weight is 615 g/mol. The smallest absolute Gasteiger partial charge is 0.263 e. The monoisotopic (exact) mass is 614 g/mol. The predicted octanol–water partition coefficient (Wildman–Crippen LogP) is 7.17. The van der Waals surface area contributed by atoms with E-state index in [0.29, 0.717) is 29.9 Å². The summed E-state index contributed by atoms with van der Waals surface area (Å²) < 4.78 is 28.2. The topological polar surface area (TPSA) is 67.9 Å². The standard InChI is InChI=1S/C34H47ClN2O4S/c1-5-7-24-16-29(35)12-14-30(24)28-19-37-18-26-10-13-31(26)27(20-40-4)9-6-8-22(2)23(3)42(39)36-34(38)25-11-15-33(41-21-28)32(37)17-25/h11-12,14-17,22-23,26-28,31H,5-10,13,18-21H2,1-4H3,(H,36,38). The van der Waals surface area contributed by atoms with Crippen LogP contribution < -0.4 is 14.4 Å². The largest absolute Gasteiger partial charge is 0.491 e. The second-order valence-electron chi connectivity index (χ2n) is 12.7. The normalized spacial score (nSPS) is 30.4. The van der Waals surface area contributed by atoms with Gasteiger partial charge in [-0.15, -0.1) is 0 Å². The summed E-state index contributed by atoms with van der Waals surface area (Å²) in [5.41, 5.74) is 4.04. The molecule has 6 nitrogen and oxygen atoms in total. The quantitative estimate of drug-likeness (QED) is 0.387. The average Bonchev–Trinajstić information content (AvgIpc) is 3.13. The molecule has 1 aliphatic carbocycles. The number of nitrogens with one attached hydrogen (secondary N) is 1. The van der Waals surface area contributed by atoms with Gasteiger partial charge in [-0.05, 0) is 104 Å². The Morgan fingerprint density at radius 1 is 1.10 bits per heavy atom. The van der Waals surface area contributed by atoms with Gasteiger partial charge in [0.2, 0.25) is 0 Å². The van der Waals surface area contributed by atoms with E-state index in [1.54, 1.807) is 6.07 Å². The van der Waals surface area contributed by atoms with Crippen molar-refractivity contribution in [3.63, 3.8) is 0 Å². The lowest BCUT2D eigenvalue weighted by molar-refractivity contribution is 0.0387. The Kier molecular flexibility index (Phi) is 10.5. The van der Waals surface area contributed by atoms with Crippen LogP contribution in [0, 0.1) is 23.7 Å². The number of rotatable bonds is 5. The number of benzene rings is 2. The van der Waals surface area contributed by atoms with E-state index < -0.39 is 11.0 Å². The molecule has 2 aromatic carbocycles. The molecule has 7 unspecified atom stereocenters. The van der Waals surface area contributed by atoms with Crippen LogP contribution in [0.5, 0.6) is 5.75 Å². The number of methoxy groups -OCH3 is 1. The Hall–Kier alpha value is -2.09. The van der Waals surface area contributed by atoms with Crippen molar-refractivity contribution in [3.8, 4) is 5.75 Å². The van der Waals surface area contributed by atoms with E-state index in [2.05, 4.69) is 35.6 Å². The van der Waals surface area contributed by atoms with E-state index >= 15 is 0 Å². The number of halogens is 1. The van der Waals surface area contributed by atoms with Crippen LogP contribution in [0.4, 0.5) is 5.69 Å². The lowest BCUT2D eigenvalue weighted by Crippen LogP contribution is -2.43. The molecule has 1 amide bonds. The molecule has 0 aromatic heterocycles. The molecule has 7 atom stereocenters. The molecular formula is C34H47ClN2O4S. The van der Waals surface area contributed by atoms with Crippen LogP contribution in [-0.4, -0.2) is 48.8 Å². The highest BCUT2D eigenvalue weighted by atomic mass is 35.5. The first-order valence-electron chi connectivity index (χ1n) is 15.8. The maximum Gasteiger partial charge on any atom is 0.263 e. The number of carbonyl (C=O) groups excluding carboxylic acids is 1. The number of nitrogens with zero attached hydrogens (tertiary/aromatic N) is 1. The molecule has 1 saturated carbocycles. The first-order valence-corrected chi connectivity index (χ1v) is 17.4. The first kappa shape index (κ1) is 31.3. The van der Waals surface area contributed by atoms with Gasteiger partial charge in [-0.2, -0.15) is 0 Å². The number of hydrogen-bond acceptors (Lipinski definition) is 5. The van der Waals surface area contributed by atoms with Crippen LogP contribution in [0.1, 0.15) is 86.7 Å². The summed E-state index contributed by atoms with van der Waals surface area (Å²) in [5, 5.41) is 0.639. The highest BCUT2D eigenvalue weighted by Crippen LogP contribution is 2.45. The number of carbonyl (C=O) groups is 1. The molecule has 0 spiro atoms. The Bertz CT molecular complexity index is 1270. The molecule has 2 aromatic rings. The molecule has 1 fully saturated rings. The molecule has 3 aliphatic rings. The number of amides is 1. The van der Waals surface area contributed by atoms with Gasteiger partial charge in [0.25, 0.3) is 5.91 Å². The van der Waals surface area contributed by atoms with E-state index in [4.69, 9.17) is 21.1 Å². The van der Waals surface area contributed by atoms with Crippen molar-refractivity contribution < 1.29 is 18.5 Å². The van der Waals surface area contributed by atoms with Crippen LogP contribution in [0.15, 0.2) is 36.4 Å². The minimum absolute atomic E-state index is 0.128. The zero-order chi connectivity index (χ0) is 29.8. The lowest BCUT2D eigenvalue weighted by atomic mass is 9.65. The van der Waals surface area contributed by atoms with Gasteiger partial charge in [0.1, 0.15) is 16.7 Å². The minimum Gasteiger partial charge on any atom is -0.491 e. The highest BCUT2D eigenvalue weighted by molar-refractivity contribution is 7.84. The third kappa shape index (κ3) is 7.00. The molecule has 2 heterocycles. The van der Waals surface area contributed by atoms with Gasteiger partial charge >= 0.3 is 0 Å². The number of fused-ring (bicyclic) bond motifs is 2. The van der Waals surface area contributed by atoms with Crippen molar-refractivity contribution in [2.45, 2.75) is 76.9 Å². The van der Waals surface area contributed by atoms with Crippen molar-refractivity contribution in [2.24, 2.45) is 23.7 Å². The fourth-order valence-corrected chi connectivity index (χ4v) is 8.45. The van der Waals surface area contributed by atoms with Gasteiger partial charge < -0.3 is 14.4 Å². The summed E-state index contributed by atoms with van der Waals surface area (Å²) in [5.74, 6) is 2.61. The molecule has 2 aliphatic heterocycles. The summed E-state index contributed by atoms with van der Waals surface area (Å²) in [6.45, 7) is 9.39. The van der Waals surface area contributed by atoms with Gasteiger partial charge in [-0.25, -0.2) is 4.21 Å². The Morgan fingerprint density at radius 2 is 1.93 bits per heavy atom. The molecule has 2 bridgehead atoms. The van der Waals surface area contributed by atoms with E-state index in [-0.39, 0.29) is 23.0 Å². The number of aryl methyl sites for hydroxylation is 1. The molecular weight excluding hydrogens is 568 g/mol. The fraction of sp³-hybridized carbons (Fsp3) is 0.618. The van der Waals surface area contributed by atoms with Gasteiger partial charge in [0.15, 0.2) is 0 Å². The lowest BCUT2D eigenvalue weighted by Gasteiger charge is -2.45. The highest BCUT2D eigenvalue weighted by Gasteiger charge is 2.39. The zero-order valence-corrected chi connectivity index (χ0v) is 27.1. The minimum atomic E-state index is -1.46. The van der Waals surface area contributed by atoms with Crippen LogP contribution in [0.3, 0.4) is 0 Å². The maximum atomic E-state index is 13.3. The SMILES string of the molecule is CCCc1cc(Cl)ccc1C1COc2ccc3cc2N(C1)CC1CCC1C(COC)CCCC(C)C(C)S(=O)NC3=O. The Labute approximate surface area is 259 Å². The van der Waals surface area contributed by atoms with E-state index in [9.17, 15) is 9.00 Å². The number of hydrogen-bond donors (Lipinski definition) is 1. The van der Waals surface area contributed by atoms with E-state index in [1.807, 2.05) is 32.2 Å². The molecule has 0 radical (unpaired) electrons. The van der Waals surface area contributed by atoms with Gasteiger partial charge in [-0.1, -0.05) is 44.4 Å². The van der Waals surface area contributed by atoms with Crippen LogP contribution in [-0.2, 0) is 22.1 Å². The first-order chi connectivity index (χ1) is 20.3. The Morgan fingerprint density at radius 3 is 2.67 bits per heavy atom. The van der Waals surface area contributed by atoms with E-state index in [0.717, 1.165) is 68.3 Å². The summed E-state index contributed by atoms with van der Waals surface area (Å²) in [6.07, 6.45) is 7.64. The van der Waals surface area contributed by atoms with Crippen molar-refractivity contribution in [3.05, 3.63) is 58.1 Å². The molecule has 5 rings (SSSR count). The van der Waals surface area contributed by atoms with Crippen LogP contribution in [0.25, 0.3) is 0 Å². The number of ether oxygens (including phenoxy) is 2. The van der Waals surface area contributed by atoms with Crippen molar-refractivity contribution in [2.75, 3.05) is 38.3 Å². The molecule has 8 heteroatoms. The van der Waals surface area contributed by atoms with E-state index in [1.165, 1.54) is 24.0 Å². The van der Waals surface area contributed by atoms with Crippen LogP contribution in [0.2, 0.25) is 5.02 Å². The van der Waals surface area contributed by atoms with Crippen molar-refractivity contribution in [1.82, 2.24) is 4.72 Å². The van der Waals surface area contributed by atoms with Gasteiger partial charge in [-0.3, -0.25) is 9.52 Å². The molecule has 230 valence electrons. The van der Waals surface area contributed by atoms with Gasteiger partial charge in [0, 0.05) is 43.3 Å². The molecule has 0 saturated heterocycles. The van der Waals surface area contributed by atoms with Crippen LogP contribution >= 0.6 is 11.6 Å². The maximum absolute atomic E-state index is 13.3. The summed E-state index contributed by atoms with van der Waals surface area (Å²) in [6, 6.07) is 11.9. The molecule has 1 N–H and O–H groups in total. The fourth-order valence-electron chi connectivity index (χ4n) is 7.21.